The summed E-state index contributed by atoms with van der Waals surface area (Å²) in [5, 5.41) is 7.42. The predicted molar refractivity (Wildman–Crippen MR) is 92.1 cm³/mol. The number of nitrogens with one attached hydrogen (secondary N) is 2. The third kappa shape index (κ3) is 14.3. The van der Waals surface area contributed by atoms with Gasteiger partial charge in [0.1, 0.15) is 0 Å². The topological polar surface area (TPSA) is 24.1 Å². The molecule has 0 saturated heterocycles. The van der Waals surface area contributed by atoms with Crippen LogP contribution < -0.4 is 10.6 Å². The fourth-order valence-corrected chi connectivity index (χ4v) is 2.12. The van der Waals surface area contributed by atoms with Gasteiger partial charge in [0.15, 0.2) is 0 Å². The molecule has 0 heterocycles. The van der Waals surface area contributed by atoms with Crippen LogP contribution in [-0.4, -0.2) is 19.3 Å². The van der Waals surface area contributed by atoms with Crippen molar-refractivity contribution >= 4 is 0 Å². The van der Waals surface area contributed by atoms with E-state index in [1.807, 2.05) is 0 Å². The molecule has 0 atom stereocenters. The first-order chi connectivity index (χ1) is 9.14. The maximum Gasteiger partial charge on any atom is 0.0571 e. The lowest BCUT2D eigenvalue weighted by Crippen LogP contribution is -2.44. The maximum atomic E-state index is 3.71. The zero-order valence-corrected chi connectivity index (χ0v) is 15.2. The van der Waals surface area contributed by atoms with Crippen molar-refractivity contribution in [3.63, 3.8) is 0 Å². The van der Waals surface area contributed by atoms with Gasteiger partial charge in [-0.3, -0.25) is 0 Å². The van der Waals surface area contributed by atoms with Crippen LogP contribution in [0.15, 0.2) is 0 Å². The SMILES string of the molecule is CCCCCC(NCCC(C)(C)C)NCCC(C)(C)C. The first kappa shape index (κ1) is 19.9. The Hall–Kier alpha value is -0.0800. The van der Waals surface area contributed by atoms with Crippen LogP contribution in [-0.2, 0) is 0 Å². The minimum atomic E-state index is 0.423. The number of hydrogen-bond acceptors (Lipinski definition) is 2. The van der Waals surface area contributed by atoms with Gasteiger partial charge in [-0.2, -0.15) is 0 Å². The van der Waals surface area contributed by atoms with E-state index in [1.165, 1.54) is 38.5 Å². The van der Waals surface area contributed by atoms with Crippen molar-refractivity contribution in [1.82, 2.24) is 10.6 Å². The van der Waals surface area contributed by atoms with Crippen LogP contribution in [0.2, 0.25) is 0 Å². The second kappa shape index (κ2) is 9.78. The Labute approximate surface area is 128 Å². The number of unbranched alkanes of at least 4 members (excludes halogenated alkanes) is 2. The molecule has 0 radical (unpaired) electrons. The van der Waals surface area contributed by atoms with Gasteiger partial charge in [-0.1, -0.05) is 67.7 Å². The molecular weight excluding hydrogens is 244 g/mol. The summed E-state index contributed by atoms with van der Waals surface area (Å²) in [7, 11) is 0. The van der Waals surface area contributed by atoms with Gasteiger partial charge in [0, 0.05) is 0 Å². The predicted octanol–water partition coefficient (Wildman–Crippen LogP) is 4.94. The van der Waals surface area contributed by atoms with E-state index >= 15 is 0 Å². The number of hydrogen-bond donors (Lipinski definition) is 2. The fourth-order valence-electron chi connectivity index (χ4n) is 2.12. The highest BCUT2D eigenvalue weighted by Gasteiger charge is 2.14. The normalized spacial score (nSPS) is 13.2. The van der Waals surface area contributed by atoms with Crippen LogP contribution in [0.1, 0.15) is 87.0 Å². The van der Waals surface area contributed by atoms with Crippen molar-refractivity contribution in [1.29, 1.82) is 0 Å². The van der Waals surface area contributed by atoms with Gasteiger partial charge in [-0.05, 0) is 43.2 Å². The van der Waals surface area contributed by atoms with E-state index in [4.69, 9.17) is 0 Å². The summed E-state index contributed by atoms with van der Waals surface area (Å²) < 4.78 is 0. The van der Waals surface area contributed by atoms with Gasteiger partial charge in [0.2, 0.25) is 0 Å². The van der Waals surface area contributed by atoms with Crippen LogP contribution in [0.25, 0.3) is 0 Å². The summed E-state index contributed by atoms with van der Waals surface area (Å²) >= 11 is 0. The highest BCUT2D eigenvalue weighted by atomic mass is 15.1. The van der Waals surface area contributed by atoms with Gasteiger partial charge in [0.25, 0.3) is 0 Å². The first-order valence-electron chi connectivity index (χ1n) is 8.61. The van der Waals surface area contributed by atoms with Crippen LogP contribution in [0.4, 0.5) is 0 Å². The van der Waals surface area contributed by atoms with Crippen LogP contribution in [0.3, 0.4) is 0 Å². The van der Waals surface area contributed by atoms with Crippen molar-refractivity contribution < 1.29 is 0 Å². The molecule has 0 bridgehead atoms. The molecule has 2 N–H and O–H groups in total. The van der Waals surface area contributed by atoms with E-state index in [2.05, 4.69) is 59.1 Å². The summed E-state index contributed by atoms with van der Waals surface area (Å²) in [6, 6.07) is 0. The van der Waals surface area contributed by atoms with Crippen LogP contribution in [0, 0.1) is 10.8 Å². The molecule has 0 saturated carbocycles. The lowest BCUT2D eigenvalue weighted by molar-refractivity contribution is 0.305. The quantitative estimate of drug-likeness (QED) is 0.438. The van der Waals surface area contributed by atoms with E-state index in [0.717, 1.165) is 13.1 Å². The molecule has 0 aromatic rings. The third-order valence-corrected chi connectivity index (χ3v) is 3.63. The molecule has 0 rings (SSSR count). The summed E-state index contributed by atoms with van der Waals surface area (Å²) in [6.45, 7) is 18.4. The molecule has 0 aromatic heterocycles. The molecular formula is C18H40N2. The molecule has 0 amide bonds. The van der Waals surface area contributed by atoms with Crippen molar-refractivity contribution in [3.8, 4) is 0 Å². The van der Waals surface area contributed by atoms with Crippen LogP contribution >= 0.6 is 0 Å². The Balaban J connectivity index is 4.00. The number of rotatable bonds is 10. The molecule has 2 nitrogen and oxygen atoms in total. The minimum Gasteiger partial charge on any atom is -0.302 e. The summed E-state index contributed by atoms with van der Waals surface area (Å²) in [5.41, 5.74) is 0.846. The highest BCUT2D eigenvalue weighted by Crippen LogP contribution is 2.18. The average Bonchev–Trinajstić information content (AvgIpc) is 2.25. The molecule has 0 aliphatic carbocycles. The van der Waals surface area contributed by atoms with Gasteiger partial charge < -0.3 is 10.6 Å². The summed E-state index contributed by atoms with van der Waals surface area (Å²) in [5.74, 6) is 0. The molecule has 0 aliphatic heterocycles. The highest BCUT2D eigenvalue weighted by molar-refractivity contribution is 4.71. The second-order valence-corrected chi connectivity index (χ2v) is 8.58. The smallest absolute Gasteiger partial charge is 0.0571 e. The zero-order valence-electron chi connectivity index (χ0n) is 15.2. The molecule has 0 fully saturated rings. The van der Waals surface area contributed by atoms with E-state index in [-0.39, 0.29) is 0 Å². The molecule has 0 spiro atoms. The average molecular weight is 285 g/mol. The standard InChI is InChI=1S/C18H40N2/c1-8-9-10-11-16(19-14-12-17(2,3)4)20-15-13-18(5,6)7/h16,19-20H,8-15H2,1-7H3. The van der Waals surface area contributed by atoms with Gasteiger partial charge in [-0.15, -0.1) is 0 Å². The first-order valence-corrected chi connectivity index (χ1v) is 8.61. The monoisotopic (exact) mass is 284 g/mol. The van der Waals surface area contributed by atoms with E-state index in [1.54, 1.807) is 0 Å². The molecule has 122 valence electrons. The Kier molecular flexibility index (Phi) is 9.74. The maximum absolute atomic E-state index is 3.71. The van der Waals surface area contributed by atoms with Gasteiger partial charge in [-0.25, -0.2) is 0 Å². The second-order valence-electron chi connectivity index (χ2n) is 8.58. The fraction of sp³-hybridized carbons (Fsp3) is 1.00. The molecule has 2 heteroatoms. The molecule has 0 aliphatic rings. The zero-order chi connectivity index (χ0) is 15.6. The van der Waals surface area contributed by atoms with Crippen molar-refractivity contribution in [3.05, 3.63) is 0 Å². The molecule has 0 aromatic carbocycles. The summed E-state index contributed by atoms with van der Waals surface area (Å²) in [6.07, 6.45) is 8.19. The Morgan fingerprint density at radius 1 is 0.750 bits per heavy atom. The van der Waals surface area contributed by atoms with Crippen molar-refractivity contribution in [2.45, 2.75) is 93.2 Å². The lowest BCUT2D eigenvalue weighted by Gasteiger charge is -2.25. The Morgan fingerprint density at radius 2 is 1.20 bits per heavy atom. The van der Waals surface area contributed by atoms with E-state index in [0.29, 0.717) is 17.0 Å². The third-order valence-electron chi connectivity index (χ3n) is 3.63. The Morgan fingerprint density at radius 3 is 1.55 bits per heavy atom. The largest absolute Gasteiger partial charge is 0.302 e. The molecule has 0 unspecified atom stereocenters. The van der Waals surface area contributed by atoms with Gasteiger partial charge >= 0.3 is 0 Å². The lowest BCUT2D eigenvalue weighted by atomic mass is 9.92. The van der Waals surface area contributed by atoms with E-state index < -0.39 is 0 Å². The van der Waals surface area contributed by atoms with Crippen molar-refractivity contribution in [2.24, 2.45) is 10.8 Å². The van der Waals surface area contributed by atoms with Gasteiger partial charge in [0.05, 0.1) is 6.17 Å². The van der Waals surface area contributed by atoms with Crippen LogP contribution in [0.5, 0.6) is 0 Å². The van der Waals surface area contributed by atoms with Crippen molar-refractivity contribution in [2.75, 3.05) is 13.1 Å². The summed E-state index contributed by atoms with van der Waals surface area (Å²) in [4.78, 5) is 0. The minimum absolute atomic E-state index is 0.423. The Bertz CT molecular complexity index is 203. The molecule has 20 heavy (non-hydrogen) atoms. The van der Waals surface area contributed by atoms with E-state index in [9.17, 15) is 0 Å².